The molecule has 0 radical (unpaired) electrons. The van der Waals surface area contributed by atoms with Crippen molar-refractivity contribution < 1.29 is 20.0 Å². The molecular weight excluding hydrogens is 208 g/mol. The largest absolute Gasteiger partial charge is 0.550 e. The van der Waals surface area contributed by atoms with Crippen molar-refractivity contribution in [3.05, 3.63) is 0 Å². The number of carboxylic acid groups (broad SMARTS) is 1. The fraction of sp³-hybridized carbons (Fsp3) is 0.909. The number of aliphatic carboxylic acids is 1. The van der Waals surface area contributed by atoms with Gasteiger partial charge in [-0.2, -0.15) is 0 Å². The van der Waals surface area contributed by atoms with Gasteiger partial charge in [0.2, 0.25) is 0 Å². The summed E-state index contributed by atoms with van der Waals surface area (Å²) in [5, 5.41) is 13.0. The Morgan fingerprint density at radius 2 is 2.25 bits per heavy atom. The number of nitrogens with two attached hydrogens (primary N) is 2. The first-order valence-corrected chi connectivity index (χ1v) is 5.96. The zero-order chi connectivity index (χ0) is 11.7. The first kappa shape index (κ1) is 11.8. The number of hydrogen-bond donors (Lipinski definition) is 2. The number of ether oxygens (including phenoxy) is 1. The summed E-state index contributed by atoms with van der Waals surface area (Å²) in [5.41, 5.74) is 6.04. The van der Waals surface area contributed by atoms with E-state index < -0.39 is 11.9 Å². The molecule has 5 unspecified atom stereocenters. The number of carboxylic acids is 1. The Morgan fingerprint density at radius 1 is 1.50 bits per heavy atom. The molecule has 2 rings (SSSR count). The molecule has 0 aromatic heterocycles. The van der Waals surface area contributed by atoms with E-state index in [9.17, 15) is 9.90 Å². The second-order valence-electron chi connectivity index (χ2n) is 4.97. The van der Waals surface area contributed by atoms with Gasteiger partial charge in [0, 0.05) is 25.5 Å². The van der Waals surface area contributed by atoms with Gasteiger partial charge in [0.25, 0.3) is 0 Å². The second kappa shape index (κ2) is 4.69. The fourth-order valence-electron chi connectivity index (χ4n) is 3.18. The molecule has 1 heterocycles. The van der Waals surface area contributed by atoms with Crippen LogP contribution in [0.15, 0.2) is 0 Å². The van der Waals surface area contributed by atoms with Crippen molar-refractivity contribution in [1.82, 2.24) is 0 Å². The average Bonchev–Trinajstić information content (AvgIpc) is 2.28. The number of methoxy groups -OCH3 is 1. The van der Waals surface area contributed by atoms with E-state index >= 15 is 0 Å². The van der Waals surface area contributed by atoms with Crippen LogP contribution in [-0.2, 0) is 9.53 Å². The molecule has 2 fully saturated rings. The number of hydrogen-bond acceptors (Lipinski definition) is 4. The van der Waals surface area contributed by atoms with E-state index in [-0.39, 0.29) is 6.04 Å². The van der Waals surface area contributed by atoms with Crippen LogP contribution < -0.4 is 16.2 Å². The highest BCUT2D eigenvalue weighted by atomic mass is 16.5. The Bertz CT molecular complexity index is 272. The quantitative estimate of drug-likeness (QED) is 0.544. The minimum atomic E-state index is -1.00. The van der Waals surface area contributed by atoms with Gasteiger partial charge in [0.1, 0.15) is 0 Å². The number of piperidine rings is 1. The third kappa shape index (κ3) is 2.07. The number of fused-ring (bicyclic) bond motifs is 1. The molecule has 0 aromatic rings. The molecule has 92 valence electrons. The summed E-state index contributed by atoms with van der Waals surface area (Å²) in [7, 11) is 1.73. The number of carbonyl (C=O) groups is 1. The Morgan fingerprint density at radius 3 is 2.88 bits per heavy atom. The number of rotatable bonds is 2. The third-order valence-electron chi connectivity index (χ3n) is 4.19. The lowest BCUT2D eigenvalue weighted by Gasteiger charge is -2.43. The third-order valence-corrected chi connectivity index (χ3v) is 4.19. The molecule has 5 nitrogen and oxygen atoms in total. The van der Waals surface area contributed by atoms with Crippen LogP contribution in [0.25, 0.3) is 0 Å². The Balaban J connectivity index is 2.02. The van der Waals surface area contributed by atoms with Gasteiger partial charge in [0.05, 0.1) is 30.6 Å². The van der Waals surface area contributed by atoms with E-state index in [1.165, 1.54) is 0 Å². The van der Waals surface area contributed by atoms with Crippen LogP contribution in [0.2, 0.25) is 0 Å². The Hall–Kier alpha value is -0.650. The predicted molar refractivity (Wildman–Crippen MR) is 55.2 cm³/mol. The van der Waals surface area contributed by atoms with E-state index in [0.29, 0.717) is 24.6 Å². The maximum atomic E-state index is 10.9. The summed E-state index contributed by atoms with van der Waals surface area (Å²) >= 11 is 0. The van der Waals surface area contributed by atoms with Crippen LogP contribution >= 0.6 is 0 Å². The van der Waals surface area contributed by atoms with Crippen LogP contribution in [0.4, 0.5) is 0 Å². The van der Waals surface area contributed by atoms with Gasteiger partial charge in [-0.15, -0.1) is 0 Å². The minimum Gasteiger partial charge on any atom is -0.550 e. The summed E-state index contributed by atoms with van der Waals surface area (Å²) in [4.78, 5) is 10.9. The minimum absolute atomic E-state index is 0.252. The highest BCUT2D eigenvalue weighted by Gasteiger charge is 2.44. The molecule has 4 N–H and O–H groups in total. The number of quaternary nitrogens is 1. The summed E-state index contributed by atoms with van der Waals surface area (Å²) in [6, 6.07) is 0.169. The second-order valence-corrected chi connectivity index (χ2v) is 4.97. The molecule has 1 aliphatic carbocycles. The van der Waals surface area contributed by atoms with Gasteiger partial charge >= 0.3 is 0 Å². The van der Waals surface area contributed by atoms with Gasteiger partial charge < -0.3 is 25.7 Å². The smallest absolute Gasteiger partial charge is 0.0928 e. The molecule has 1 saturated heterocycles. The first-order chi connectivity index (χ1) is 7.63. The highest BCUT2D eigenvalue weighted by Crippen LogP contribution is 2.30. The lowest BCUT2D eigenvalue weighted by molar-refractivity contribution is -0.713. The van der Waals surface area contributed by atoms with Crippen LogP contribution in [-0.4, -0.2) is 37.8 Å². The van der Waals surface area contributed by atoms with Gasteiger partial charge in [-0.3, -0.25) is 0 Å². The molecule has 1 aliphatic heterocycles. The normalized spacial score (nSPS) is 43.8. The molecular formula is C11H20N2O3. The molecule has 2 aliphatic rings. The van der Waals surface area contributed by atoms with Crippen molar-refractivity contribution in [2.75, 3.05) is 13.7 Å². The number of carbonyl (C=O) groups excluding carboxylic acids is 1. The molecule has 0 aromatic carbocycles. The van der Waals surface area contributed by atoms with Crippen molar-refractivity contribution in [1.29, 1.82) is 0 Å². The molecule has 0 spiro atoms. The Labute approximate surface area is 95.3 Å². The van der Waals surface area contributed by atoms with E-state index in [1.807, 2.05) is 0 Å². The van der Waals surface area contributed by atoms with Crippen molar-refractivity contribution in [2.24, 2.45) is 17.6 Å². The summed E-state index contributed by atoms with van der Waals surface area (Å²) < 4.78 is 5.36. The maximum absolute atomic E-state index is 10.9. The van der Waals surface area contributed by atoms with E-state index in [4.69, 9.17) is 10.5 Å². The summed E-state index contributed by atoms with van der Waals surface area (Å²) in [6.45, 7) is 0.543. The van der Waals surface area contributed by atoms with Crippen molar-refractivity contribution in [3.8, 4) is 0 Å². The molecule has 16 heavy (non-hydrogen) atoms. The molecule has 5 atom stereocenters. The van der Waals surface area contributed by atoms with Gasteiger partial charge in [-0.1, -0.05) is 0 Å². The maximum Gasteiger partial charge on any atom is 0.0928 e. The summed E-state index contributed by atoms with van der Waals surface area (Å²) in [6.07, 6.45) is 3.24. The zero-order valence-electron chi connectivity index (χ0n) is 9.59. The monoisotopic (exact) mass is 228 g/mol. The topological polar surface area (TPSA) is 92.0 Å². The van der Waals surface area contributed by atoms with Crippen LogP contribution in [0, 0.1) is 11.8 Å². The predicted octanol–water partition coefficient (Wildman–Crippen LogP) is -2.56. The average molecular weight is 228 g/mol. The van der Waals surface area contributed by atoms with E-state index in [2.05, 4.69) is 5.32 Å². The lowest BCUT2D eigenvalue weighted by Crippen LogP contribution is -2.98. The van der Waals surface area contributed by atoms with Gasteiger partial charge in [0.15, 0.2) is 0 Å². The fourth-order valence-corrected chi connectivity index (χ4v) is 3.18. The molecule has 5 heteroatoms. The van der Waals surface area contributed by atoms with E-state index in [1.54, 1.807) is 7.11 Å². The van der Waals surface area contributed by atoms with Crippen molar-refractivity contribution in [3.63, 3.8) is 0 Å². The van der Waals surface area contributed by atoms with E-state index in [0.717, 1.165) is 19.3 Å². The molecule has 0 bridgehead atoms. The van der Waals surface area contributed by atoms with Gasteiger partial charge in [-0.05, 0) is 12.8 Å². The van der Waals surface area contributed by atoms with Crippen LogP contribution in [0.3, 0.4) is 0 Å². The first-order valence-electron chi connectivity index (χ1n) is 5.96. The molecule has 1 saturated carbocycles. The lowest BCUT2D eigenvalue weighted by atomic mass is 9.72. The van der Waals surface area contributed by atoms with Crippen LogP contribution in [0.5, 0.6) is 0 Å². The SMILES string of the molecule is COC1CCC2C(C1)[NH2+]CC(C(=O)[O-])C2N. The Kier molecular flexibility index (Phi) is 3.47. The standard InChI is InChI=1S/C11H20N2O3/c1-16-6-2-3-7-9(4-6)13-5-8(10(7)12)11(14)15/h6-10,13H,2-5,12H2,1H3,(H,14,15). The van der Waals surface area contributed by atoms with Crippen molar-refractivity contribution >= 4 is 5.97 Å². The van der Waals surface area contributed by atoms with Crippen LogP contribution in [0.1, 0.15) is 19.3 Å². The summed E-state index contributed by atoms with van der Waals surface area (Å²) in [5.74, 6) is -1.21. The van der Waals surface area contributed by atoms with Gasteiger partial charge in [-0.25, -0.2) is 0 Å². The zero-order valence-corrected chi connectivity index (χ0v) is 9.59. The molecule has 0 amide bonds. The van der Waals surface area contributed by atoms with Crippen molar-refractivity contribution in [2.45, 2.75) is 37.5 Å². The highest BCUT2D eigenvalue weighted by molar-refractivity contribution is 5.68.